The molecule has 0 spiro atoms. The van der Waals surface area contributed by atoms with Crippen LogP contribution < -0.4 is 9.47 Å². The van der Waals surface area contributed by atoms with Gasteiger partial charge in [0.1, 0.15) is 17.6 Å². The van der Waals surface area contributed by atoms with Crippen molar-refractivity contribution < 1.29 is 14.6 Å². The van der Waals surface area contributed by atoms with Gasteiger partial charge in [-0.25, -0.2) is 0 Å². The lowest BCUT2D eigenvalue weighted by Gasteiger charge is -2.16. The van der Waals surface area contributed by atoms with Gasteiger partial charge in [-0.1, -0.05) is 33.6 Å². The van der Waals surface area contributed by atoms with E-state index in [0.717, 1.165) is 21.2 Å². The fraction of sp³-hybridized carbons (Fsp3) is 0.250. The summed E-state index contributed by atoms with van der Waals surface area (Å²) < 4.78 is 11.3. The number of hydrogen-bond donors (Lipinski definition) is 1. The Labute approximate surface area is 127 Å². The number of aliphatic hydroxyl groups excluding tert-OH is 1. The highest BCUT2D eigenvalue weighted by atomic mass is 79.9. The number of halogens is 1. The molecule has 1 unspecified atom stereocenters. The van der Waals surface area contributed by atoms with Crippen LogP contribution in [0.3, 0.4) is 0 Å². The molecule has 2 rings (SSSR count). The summed E-state index contributed by atoms with van der Waals surface area (Å²) in [7, 11) is 3.18. The molecule has 0 aliphatic heterocycles. The number of aryl methyl sites for hydroxylation is 1. The summed E-state index contributed by atoms with van der Waals surface area (Å²) >= 11 is 3.48. The highest BCUT2D eigenvalue weighted by molar-refractivity contribution is 9.10. The molecule has 1 N–H and O–H groups in total. The third-order valence-corrected chi connectivity index (χ3v) is 3.86. The fourth-order valence-electron chi connectivity index (χ4n) is 2.04. The van der Waals surface area contributed by atoms with E-state index in [9.17, 15) is 5.11 Å². The highest BCUT2D eigenvalue weighted by Crippen LogP contribution is 2.33. The third-order valence-electron chi connectivity index (χ3n) is 3.14. The van der Waals surface area contributed by atoms with Crippen LogP contribution in [0.5, 0.6) is 11.5 Å². The van der Waals surface area contributed by atoms with Crippen molar-refractivity contribution in [2.45, 2.75) is 13.0 Å². The van der Waals surface area contributed by atoms with E-state index in [2.05, 4.69) is 15.9 Å². The van der Waals surface area contributed by atoms with Crippen LogP contribution in [0.1, 0.15) is 22.8 Å². The fourth-order valence-corrected chi connectivity index (χ4v) is 2.50. The van der Waals surface area contributed by atoms with E-state index < -0.39 is 6.10 Å². The first-order valence-corrected chi connectivity index (χ1v) is 7.01. The molecular weight excluding hydrogens is 320 g/mol. The maximum absolute atomic E-state index is 10.6. The normalized spacial score (nSPS) is 12.1. The van der Waals surface area contributed by atoms with E-state index in [4.69, 9.17) is 9.47 Å². The molecule has 0 radical (unpaired) electrons. The number of ether oxygens (including phenoxy) is 2. The number of hydrogen-bond acceptors (Lipinski definition) is 3. The Bertz CT molecular complexity index is 588. The second-order valence-electron chi connectivity index (χ2n) is 4.57. The zero-order chi connectivity index (χ0) is 14.7. The monoisotopic (exact) mass is 336 g/mol. The molecule has 2 aromatic rings. The zero-order valence-electron chi connectivity index (χ0n) is 11.7. The summed E-state index contributed by atoms with van der Waals surface area (Å²) in [5.74, 6) is 1.31. The molecule has 20 heavy (non-hydrogen) atoms. The molecule has 0 bridgehead atoms. The Kier molecular flexibility index (Phi) is 4.68. The van der Waals surface area contributed by atoms with Gasteiger partial charge in [0.25, 0.3) is 0 Å². The van der Waals surface area contributed by atoms with Crippen LogP contribution in [-0.2, 0) is 0 Å². The second kappa shape index (κ2) is 6.29. The van der Waals surface area contributed by atoms with Gasteiger partial charge in [0.05, 0.1) is 14.2 Å². The van der Waals surface area contributed by atoms with Crippen molar-refractivity contribution in [1.82, 2.24) is 0 Å². The van der Waals surface area contributed by atoms with Crippen molar-refractivity contribution in [3.05, 3.63) is 57.6 Å². The van der Waals surface area contributed by atoms with Crippen molar-refractivity contribution >= 4 is 15.9 Å². The minimum atomic E-state index is -0.742. The standard InChI is InChI=1S/C16H17BrO3/c1-10-4-5-15(17)14(6-10)16(18)11-7-12(19-2)9-13(8-11)20-3/h4-9,16,18H,1-3H3. The average Bonchev–Trinajstić information content (AvgIpc) is 2.48. The molecule has 2 aromatic carbocycles. The van der Waals surface area contributed by atoms with Crippen molar-refractivity contribution in [3.63, 3.8) is 0 Å². The maximum Gasteiger partial charge on any atom is 0.122 e. The van der Waals surface area contributed by atoms with Crippen molar-refractivity contribution in [1.29, 1.82) is 0 Å². The molecular formula is C16H17BrO3. The van der Waals surface area contributed by atoms with Gasteiger partial charge < -0.3 is 14.6 Å². The highest BCUT2D eigenvalue weighted by Gasteiger charge is 2.16. The molecule has 0 amide bonds. The molecule has 1 atom stereocenters. The lowest BCUT2D eigenvalue weighted by Crippen LogP contribution is -2.02. The molecule has 0 fully saturated rings. The van der Waals surface area contributed by atoms with E-state index in [1.165, 1.54) is 0 Å². The average molecular weight is 337 g/mol. The minimum absolute atomic E-state index is 0.655. The second-order valence-corrected chi connectivity index (χ2v) is 5.43. The van der Waals surface area contributed by atoms with Crippen LogP contribution in [0.25, 0.3) is 0 Å². The first-order valence-electron chi connectivity index (χ1n) is 6.22. The largest absolute Gasteiger partial charge is 0.497 e. The van der Waals surface area contributed by atoms with Gasteiger partial charge in [0.15, 0.2) is 0 Å². The topological polar surface area (TPSA) is 38.7 Å². The Hall–Kier alpha value is -1.52. The summed E-state index contributed by atoms with van der Waals surface area (Å²) in [4.78, 5) is 0. The Balaban J connectivity index is 2.46. The van der Waals surface area contributed by atoms with E-state index in [-0.39, 0.29) is 0 Å². The van der Waals surface area contributed by atoms with Gasteiger partial charge in [-0.15, -0.1) is 0 Å². The summed E-state index contributed by atoms with van der Waals surface area (Å²) in [6.45, 7) is 1.99. The maximum atomic E-state index is 10.6. The minimum Gasteiger partial charge on any atom is -0.497 e. The van der Waals surface area contributed by atoms with Crippen LogP contribution in [0.2, 0.25) is 0 Å². The SMILES string of the molecule is COc1cc(OC)cc(C(O)c2cc(C)ccc2Br)c1. The molecule has 0 saturated carbocycles. The van der Waals surface area contributed by atoms with Gasteiger partial charge >= 0.3 is 0 Å². The van der Waals surface area contributed by atoms with Crippen molar-refractivity contribution in [2.24, 2.45) is 0 Å². The number of rotatable bonds is 4. The van der Waals surface area contributed by atoms with Crippen LogP contribution >= 0.6 is 15.9 Å². The van der Waals surface area contributed by atoms with Crippen molar-refractivity contribution in [3.8, 4) is 11.5 Å². The molecule has 4 heteroatoms. The molecule has 0 heterocycles. The smallest absolute Gasteiger partial charge is 0.122 e. The van der Waals surface area contributed by atoms with E-state index in [1.54, 1.807) is 20.3 Å². The summed E-state index contributed by atoms with van der Waals surface area (Å²) in [5, 5.41) is 10.6. The third kappa shape index (κ3) is 3.14. The quantitative estimate of drug-likeness (QED) is 0.921. The molecule has 106 valence electrons. The van der Waals surface area contributed by atoms with E-state index in [1.807, 2.05) is 37.3 Å². The van der Waals surface area contributed by atoms with Crippen LogP contribution in [0, 0.1) is 6.92 Å². The van der Waals surface area contributed by atoms with Gasteiger partial charge in [0.2, 0.25) is 0 Å². The summed E-state index contributed by atoms with van der Waals surface area (Å²) in [6, 6.07) is 11.3. The zero-order valence-corrected chi connectivity index (χ0v) is 13.3. The van der Waals surface area contributed by atoms with Gasteiger partial charge in [0, 0.05) is 10.5 Å². The Morgan fingerprint density at radius 1 is 1.00 bits per heavy atom. The molecule has 0 saturated heterocycles. The van der Waals surface area contributed by atoms with Gasteiger partial charge in [-0.3, -0.25) is 0 Å². The summed E-state index contributed by atoms with van der Waals surface area (Å²) in [6.07, 6.45) is -0.742. The molecule has 0 aliphatic rings. The lowest BCUT2D eigenvalue weighted by molar-refractivity contribution is 0.218. The summed E-state index contributed by atoms with van der Waals surface area (Å²) in [5.41, 5.74) is 2.64. The lowest BCUT2D eigenvalue weighted by atomic mass is 9.99. The number of benzene rings is 2. The molecule has 0 aliphatic carbocycles. The predicted octanol–water partition coefficient (Wildman–Crippen LogP) is 3.86. The molecule has 0 aromatic heterocycles. The first kappa shape index (κ1) is 14.9. The Morgan fingerprint density at radius 3 is 2.15 bits per heavy atom. The predicted molar refractivity (Wildman–Crippen MR) is 82.5 cm³/mol. The van der Waals surface area contributed by atoms with Crippen LogP contribution in [0.4, 0.5) is 0 Å². The van der Waals surface area contributed by atoms with Crippen LogP contribution in [-0.4, -0.2) is 19.3 Å². The van der Waals surface area contributed by atoms with Crippen LogP contribution in [0.15, 0.2) is 40.9 Å². The van der Waals surface area contributed by atoms with Gasteiger partial charge in [-0.2, -0.15) is 0 Å². The van der Waals surface area contributed by atoms with Crippen molar-refractivity contribution in [2.75, 3.05) is 14.2 Å². The first-order chi connectivity index (χ1) is 9.55. The van der Waals surface area contributed by atoms with Gasteiger partial charge in [-0.05, 0) is 36.2 Å². The van der Waals surface area contributed by atoms with E-state index in [0.29, 0.717) is 11.5 Å². The number of methoxy groups -OCH3 is 2. The number of aliphatic hydroxyl groups is 1. The van der Waals surface area contributed by atoms with E-state index >= 15 is 0 Å². The molecule has 3 nitrogen and oxygen atoms in total. The Morgan fingerprint density at radius 2 is 1.60 bits per heavy atom.